The number of piperazine rings is 1. The van der Waals surface area contributed by atoms with Crippen LogP contribution in [0.3, 0.4) is 0 Å². The van der Waals surface area contributed by atoms with Crippen molar-refractivity contribution in [3.05, 3.63) is 0 Å². The molecule has 0 aromatic carbocycles. The summed E-state index contributed by atoms with van der Waals surface area (Å²) in [6.07, 6.45) is 0.452. The highest BCUT2D eigenvalue weighted by molar-refractivity contribution is 5.77. The van der Waals surface area contributed by atoms with Gasteiger partial charge in [0.25, 0.3) is 0 Å². The molecule has 4 heteroatoms. The smallest absolute Gasteiger partial charge is 0.225 e. The number of ether oxygens (including phenoxy) is 1. The molecule has 88 valence electrons. The quantitative estimate of drug-likeness (QED) is 0.749. The molecule has 0 aliphatic carbocycles. The maximum atomic E-state index is 12.0. The minimum atomic E-state index is -0.359. The lowest BCUT2D eigenvalue weighted by Gasteiger charge is -2.36. The van der Waals surface area contributed by atoms with E-state index in [1.54, 1.807) is 7.11 Å². The third-order valence-corrected chi connectivity index (χ3v) is 2.95. The number of nitrogens with zero attached hydrogens (tertiary/aromatic N) is 1. The second-order valence-electron chi connectivity index (χ2n) is 4.78. The average Bonchev–Trinajstić information content (AvgIpc) is 2.17. The first-order valence-electron chi connectivity index (χ1n) is 5.51. The molecule has 0 saturated carbocycles. The van der Waals surface area contributed by atoms with Crippen LogP contribution in [0.15, 0.2) is 0 Å². The molecule has 1 aliphatic rings. The summed E-state index contributed by atoms with van der Waals surface area (Å²) in [4.78, 5) is 13.9. The van der Waals surface area contributed by atoms with E-state index in [1.807, 2.05) is 18.7 Å². The Morgan fingerprint density at radius 1 is 1.60 bits per heavy atom. The van der Waals surface area contributed by atoms with Crippen LogP contribution in [-0.4, -0.2) is 49.2 Å². The third kappa shape index (κ3) is 3.47. The molecule has 15 heavy (non-hydrogen) atoms. The highest BCUT2D eigenvalue weighted by Crippen LogP contribution is 2.16. The van der Waals surface area contributed by atoms with Crippen molar-refractivity contribution < 1.29 is 9.53 Å². The van der Waals surface area contributed by atoms with Crippen LogP contribution < -0.4 is 5.32 Å². The molecule has 4 nitrogen and oxygen atoms in total. The molecule has 1 fully saturated rings. The molecule has 1 aliphatic heterocycles. The van der Waals surface area contributed by atoms with Gasteiger partial charge in [0.1, 0.15) is 0 Å². The second-order valence-corrected chi connectivity index (χ2v) is 4.78. The van der Waals surface area contributed by atoms with Crippen LogP contribution in [0.4, 0.5) is 0 Å². The predicted octanol–water partition coefficient (Wildman–Crippen LogP) is 0.622. The number of amides is 1. The Labute approximate surface area is 92.0 Å². The van der Waals surface area contributed by atoms with E-state index in [-0.39, 0.29) is 11.5 Å². The van der Waals surface area contributed by atoms with Crippen LogP contribution in [0.2, 0.25) is 0 Å². The van der Waals surface area contributed by atoms with Gasteiger partial charge in [0.15, 0.2) is 0 Å². The Kier molecular flexibility index (Phi) is 4.11. The molecular formula is C11H22N2O2. The molecular weight excluding hydrogens is 192 g/mol. The van der Waals surface area contributed by atoms with Crippen LogP contribution in [0.25, 0.3) is 0 Å². The zero-order valence-electron chi connectivity index (χ0n) is 10.2. The first-order chi connectivity index (χ1) is 6.96. The molecule has 1 amide bonds. The van der Waals surface area contributed by atoms with E-state index < -0.39 is 0 Å². The SMILES string of the molecule is COC(C)(C)CC(=O)N1CCNCC1C. The number of carbonyl (C=O) groups excluding carboxylic acids is 1. The summed E-state index contributed by atoms with van der Waals surface area (Å²) in [5, 5.41) is 3.27. The highest BCUT2D eigenvalue weighted by Gasteiger charge is 2.28. The van der Waals surface area contributed by atoms with Crippen LogP contribution in [-0.2, 0) is 9.53 Å². The van der Waals surface area contributed by atoms with Crippen LogP contribution in [0.5, 0.6) is 0 Å². The van der Waals surface area contributed by atoms with E-state index in [2.05, 4.69) is 12.2 Å². The molecule has 1 N–H and O–H groups in total. The Morgan fingerprint density at radius 2 is 2.27 bits per heavy atom. The number of methoxy groups -OCH3 is 1. The Hall–Kier alpha value is -0.610. The van der Waals surface area contributed by atoms with Crippen LogP contribution >= 0.6 is 0 Å². The van der Waals surface area contributed by atoms with Crippen molar-refractivity contribution in [1.29, 1.82) is 0 Å². The summed E-state index contributed by atoms with van der Waals surface area (Å²) in [7, 11) is 1.65. The fraction of sp³-hybridized carbons (Fsp3) is 0.909. The van der Waals surface area contributed by atoms with Crippen molar-refractivity contribution in [2.45, 2.75) is 38.8 Å². The Bertz CT molecular complexity index is 229. The van der Waals surface area contributed by atoms with E-state index >= 15 is 0 Å². The predicted molar refractivity (Wildman–Crippen MR) is 59.7 cm³/mol. The summed E-state index contributed by atoms with van der Waals surface area (Å²) in [5.74, 6) is 0.191. The van der Waals surface area contributed by atoms with E-state index in [0.29, 0.717) is 12.5 Å². The first kappa shape index (κ1) is 12.5. The van der Waals surface area contributed by atoms with Gasteiger partial charge in [0.05, 0.1) is 12.0 Å². The summed E-state index contributed by atoms with van der Waals surface area (Å²) in [6, 6.07) is 0.291. The van der Waals surface area contributed by atoms with E-state index in [9.17, 15) is 4.79 Å². The maximum Gasteiger partial charge on any atom is 0.225 e. The average molecular weight is 214 g/mol. The fourth-order valence-electron chi connectivity index (χ4n) is 1.75. The van der Waals surface area contributed by atoms with Gasteiger partial charge in [-0.25, -0.2) is 0 Å². The first-order valence-corrected chi connectivity index (χ1v) is 5.51. The van der Waals surface area contributed by atoms with Crippen molar-refractivity contribution in [3.63, 3.8) is 0 Å². The van der Waals surface area contributed by atoms with Gasteiger partial charge in [-0.2, -0.15) is 0 Å². The fourth-order valence-corrected chi connectivity index (χ4v) is 1.75. The van der Waals surface area contributed by atoms with Gasteiger partial charge >= 0.3 is 0 Å². The summed E-state index contributed by atoms with van der Waals surface area (Å²) >= 11 is 0. The molecule has 1 heterocycles. The summed E-state index contributed by atoms with van der Waals surface area (Å²) < 4.78 is 5.27. The van der Waals surface area contributed by atoms with E-state index in [4.69, 9.17) is 4.74 Å². The molecule has 0 aromatic rings. The van der Waals surface area contributed by atoms with Crippen molar-refractivity contribution in [2.24, 2.45) is 0 Å². The lowest BCUT2D eigenvalue weighted by Crippen LogP contribution is -2.53. The third-order valence-electron chi connectivity index (χ3n) is 2.95. The van der Waals surface area contributed by atoms with E-state index in [1.165, 1.54) is 0 Å². The molecule has 1 unspecified atom stereocenters. The van der Waals surface area contributed by atoms with Gasteiger partial charge < -0.3 is 15.0 Å². The highest BCUT2D eigenvalue weighted by atomic mass is 16.5. The van der Waals surface area contributed by atoms with Gasteiger partial charge in [0, 0.05) is 32.8 Å². The molecule has 0 spiro atoms. The van der Waals surface area contributed by atoms with Crippen molar-refractivity contribution in [1.82, 2.24) is 10.2 Å². The Balaban J connectivity index is 2.52. The van der Waals surface area contributed by atoms with Gasteiger partial charge in [-0.3, -0.25) is 4.79 Å². The zero-order valence-corrected chi connectivity index (χ0v) is 10.2. The van der Waals surface area contributed by atoms with Gasteiger partial charge in [-0.05, 0) is 20.8 Å². The van der Waals surface area contributed by atoms with E-state index in [0.717, 1.165) is 19.6 Å². The monoisotopic (exact) mass is 214 g/mol. The normalized spacial score (nSPS) is 22.9. The topological polar surface area (TPSA) is 41.6 Å². The lowest BCUT2D eigenvalue weighted by atomic mass is 10.0. The van der Waals surface area contributed by atoms with Gasteiger partial charge in [-0.1, -0.05) is 0 Å². The molecule has 0 bridgehead atoms. The number of hydrogen-bond donors (Lipinski definition) is 1. The molecule has 1 rings (SSSR count). The number of nitrogens with one attached hydrogen (secondary N) is 1. The second kappa shape index (κ2) is 4.94. The zero-order chi connectivity index (χ0) is 11.5. The minimum Gasteiger partial charge on any atom is -0.378 e. The standard InChI is InChI=1S/C11H22N2O2/c1-9-8-12-5-6-13(9)10(14)7-11(2,3)15-4/h9,12H,5-8H2,1-4H3. The Morgan fingerprint density at radius 3 is 2.80 bits per heavy atom. The number of carbonyl (C=O) groups is 1. The largest absolute Gasteiger partial charge is 0.378 e. The van der Waals surface area contributed by atoms with Crippen LogP contribution in [0.1, 0.15) is 27.2 Å². The minimum absolute atomic E-state index is 0.191. The lowest BCUT2D eigenvalue weighted by molar-refractivity contribution is -0.139. The van der Waals surface area contributed by atoms with Crippen LogP contribution in [0, 0.1) is 0 Å². The van der Waals surface area contributed by atoms with Gasteiger partial charge in [0.2, 0.25) is 5.91 Å². The van der Waals surface area contributed by atoms with Crippen molar-refractivity contribution >= 4 is 5.91 Å². The van der Waals surface area contributed by atoms with Gasteiger partial charge in [-0.15, -0.1) is 0 Å². The molecule has 0 aromatic heterocycles. The molecule has 1 saturated heterocycles. The summed E-state index contributed by atoms with van der Waals surface area (Å²) in [5.41, 5.74) is -0.359. The summed E-state index contributed by atoms with van der Waals surface area (Å²) in [6.45, 7) is 8.54. The molecule has 0 radical (unpaired) electrons. The number of rotatable bonds is 3. The number of hydrogen-bond acceptors (Lipinski definition) is 3. The van der Waals surface area contributed by atoms with Crippen molar-refractivity contribution in [2.75, 3.05) is 26.7 Å². The maximum absolute atomic E-state index is 12.0. The van der Waals surface area contributed by atoms with Crippen molar-refractivity contribution in [3.8, 4) is 0 Å². The molecule has 1 atom stereocenters.